The van der Waals surface area contributed by atoms with Gasteiger partial charge in [-0.2, -0.15) is 0 Å². The Morgan fingerprint density at radius 1 is 0.340 bits per heavy atom. The molecule has 5 heteroatoms. The third kappa shape index (κ3) is 14.1. The highest BCUT2D eigenvalue weighted by Crippen LogP contribution is 2.47. The number of rotatable bonds is 23. The molecule has 0 spiro atoms. The van der Waals surface area contributed by atoms with E-state index in [1.165, 1.54) is 22.3 Å². The zero-order chi connectivity index (χ0) is 39.6. The van der Waals surface area contributed by atoms with E-state index in [-0.39, 0.29) is 32.5 Å². The van der Waals surface area contributed by atoms with Gasteiger partial charge in [0.15, 0.2) is 0 Å². The molecule has 0 N–H and O–H groups in total. The highest BCUT2D eigenvalue weighted by Gasteiger charge is 2.38. The summed E-state index contributed by atoms with van der Waals surface area (Å²) in [5, 5.41) is 0. The SMILES string of the molecule is COCCOCCOc1ccc(C(C)(C)CC(C)(C)CC(C)(C)c2ccc(C(C)(C)CC(C)(C)CC(C)(C)c3ccc(OCCOC)cc3)cc2)cc1. The molecule has 0 atom stereocenters. The van der Waals surface area contributed by atoms with Crippen LogP contribution in [0.1, 0.15) is 131 Å². The zero-order valence-corrected chi connectivity index (χ0v) is 36.0. The van der Waals surface area contributed by atoms with Gasteiger partial charge in [0.05, 0.1) is 26.4 Å². The lowest BCUT2D eigenvalue weighted by Gasteiger charge is -2.42. The van der Waals surface area contributed by atoms with Crippen LogP contribution >= 0.6 is 0 Å². The van der Waals surface area contributed by atoms with Crippen molar-refractivity contribution < 1.29 is 23.7 Å². The highest BCUT2D eigenvalue weighted by molar-refractivity contribution is 5.35. The molecule has 0 aliphatic heterocycles. The van der Waals surface area contributed by atoms with Gasteiger partial charge in [0, 0.05) is 14.2 Å². The predicted octanol–water partition coefficient (Wildman–Crippen LogP) is 11.9. The molecular weight excluding hydrogens is 657 g/mol. The van der Waals surface area contributed by atoms with Crippen molar-refractivity contribution in [3.8, 4) is 11.5 Å². The topological polar surface area (TPSA) is 46.2 Å². The van der Waals surface area contributed by atoms with Crippen molar-refractivity contribution in [2.45, 2.75) is 130 Å². The summed E-state index contributed by atoms with van der Waals surface area (Å²) in [6.45, 7) is 32.3. The van der Waals surface area contributed by atoms with Crippen molar-refractivity contribution in [3.63, 3.8) is 0 Å². The Bertz CT molecular complexity index is 1490. The fraction of sp³-hybridized carbons (Fsp3) is 0.625. The molecule has 0 aliphatic carbocycles. The lowest BCUT2D eigenvalue weighted by Crippen LogP contribution is -2.33. The molecule has 0 radical (unpaired) electrons. The Labute approximate surface area is 324 Å². The third-order valence-corrected chi connectivity index (χ3v) is 10.9. The van der Waals surface area contributed by atoms with Crippen molar-refractivity contribution in [3.05, 3.63) is 95.1 Å². The molecule has 3 aromatic carbocycles. The summed E-state index contributed by atoms with van der Waals surface area (Å²) in [5.41, 5.74) is 5.93. The second-order valence-electron chi connectivity index (χ2n) is 19.5. The van der Waals surface area contributed by atoms with Crippen LogP contribution in [-0.4, -0.2) is 53.9 Å². The van der Waals surface area contributed by atoms with Crippen LogP contribution in [0.5, 0.6) is 11.5 Å². The van der Waals surface area contributed by atoms with E-state index in [9.17, 15) is 0 Å². The standard InChI is InChI=1S/C48H74O5/c1-43(2,35-47(9,10)39-19-23-41(24-20-39)52-31-28-50-14)33-45(5,6)37-15-17-38(18-16-37)46(7,8)34-44(3,4)36-48(11,12)40-21-25-42(26-22-40)53-32-30-51-29-27-49-13/h15-26H,27-36H2,1-14H3. The van der Waals surface area contributed by atoms with Crippen molar-refractivity contribution in [1.82, 2.24) is 0 Å². The molecule has 0 aromatic heterocycles. The molecule has 0 bridgehead atoms. The van der Waals surface area contributed by atoms with Gasteiger partial charge >= 0.3 is 0 Å². The number of benzene rings is 3. The second-order valence-corrected chi connectivity index (χ2v) is 19.5. The predicted molar refractivity (Wildman–Crippen MR) is 223 cm³/mol. The number of methoxy groups -OCH3 is 2. The Kier molecular flexibility index (Phi) is 15.7. The molecule has 53 heavy (non-hydrogen) atoms. The van der Waals surface area contributed by atoms with Gasteiger partial charge in [-0.3, -0.25) is 0 Å². The minimum absolute atomic E-state index is 0.0264. The maximum atomic E-state index is 5.90. The van der Waals surface area contributed by atoms with Crippen LogP contribution in [0, 0.1) is 10.8 Å². The molecule has 0 saturated carbocycles. The average Bonchev–Trinajstić information content (AvgIpc) is 3.05. The summed E-state index contributed by atoms with van der Waals surface area (Å²) in [4.78, 5) is 0. The second kappa shape index (κ2) is 18.7. The third-order valence-electron chi connectivity index (χ3n) is 10.9. The maximum absolute atomic E-state index is 5.90. The Morgan fingerprint density at radius 3 is 0.887 bits per heavy atom. The number of hydrogen-bond acceptors (Lipinski definition) is 5. The molecule has 296 valence electrons. The molecule has 0 amide bonds. The summed E-state index contributed by atoms with van der Waals surface area (Å²) < 4.78 is 27.4. The summed E-state index contributed by atoms with van der Waals surface area (Å²) in [5.74, 6) is 1.77. The van der Waals surface area contributed by atoms with Crippen LogP contribution in [-0.2, 0) is 35.9 Å². The lowest BCUT2D eigenvalue weighted by molar-refractivity contribution is 0.0544. The van der Waals surface area contributed by atoms with E-state index in [0.717, 1.165) is 37.2 Å². The van der Waals surface area contributed by atoms with Gasteiger partial charge in [-0.15, -0.1) is 0 Å². The minimum atomic E-state index is 0.0264. The van der Waals surface area contributed by atoms with Crippen LogP contribution in [0.15, 0.2) is 72.8 Å². The Balaban J connectivity index is 1.61. The van der Waals surface area contributed by atoms with Gasteiger partial charge in [-0.1, -0.05) is 132 Å². The molecule has 0 saturated heterocycles. The first kappa shape index (κ1) is 44.5. The van der Waals surface area contributed by atoms with Gasteiger partial charge in [-0.05, 0) is 105 Å². The maximum Gasteiger partial charge on any atom is 0.119 e. The fourth-order valence-electron chi connectivity index (χ4n) is 9.40. The first-order valence-electron chi connectivity index (χ1n) is 19.7. The first-order chi connectivity index (χ1) is 24.6. The van der Waals surface area contributed by atoms with E-state index in [4.69, 9.17) is 23.7 Å². The largest absolute Gasteiger partial charge is 0.491 e. The number of hydrogen-bond donors (Lipinski definition) is 0. The van der Waals surface area contributed by atoms with E-state index >= 15 is 0 Å². The van der Waals surface area contributed by atoms with E-state index in [1.807, 2.05) is 0 Å². The number of ether oxygens (including phenoxy) is 5. The summed E-state index contributed by atoms with van der Waals surface area (Å²) >= 11 is 0. The minimum Gasteiger partial charge on any atom is -0.491 e. The average molecular weight is 731 g/mol. The summed E-state index contributed by atoms with van der Waals surface area (Å²) in [6.07, 6.45) is 4.37. The molecule has 0 aliphatic rings. The van der Waals surface area contributed by atoms with Crippen LogP contribution in [0.4, 0.5) is 0 Å². The molecule has 3 aromatic rings. The molecule has 0 fully saturated rings. The van der Waals surface area contributed by atoms with E-state index in [0.29, 0.717) is 39.6 Å². The van der Waals surface area contributed by atoms with Gasteiger partial charge in [0.2, 0.25) is 0 Å². The molecule has 0 heterocycles. The van der Waals surface area contributed by atoms with Crippen molar-refractivity contribution in [2.75, 3.05) is 53.9 Å². The monoisotopic (exact) mass is 731 g/mol. The summed E-state index contributed by atoms with van der Waals surface area (Å²) in [7, 11) is 3.38. The Hall–Kier alpha value is -2.86. The quantitative estimate of drug-likeness (QED) is 0.0909. The van der Waals surface area contributed by atoms with E-state index < -0.39 is 0 Å². The van der Waals surface area contributed by atoms with Crippen LogP contribution in [0.25, 0.3) is 0 Å². The van der Waals surface area contributed by atoms with Crippen molar-refractivity contribution in [2.24, 2.45) is 10.8 Å². The van der Waals surface area contributed by atoms with E-state index in [1.54, 1.807) is 14.2 Å². The van der Waals surface area contributed by atoms with Crippen molar-refractivity contribution in [1.29, 1.82) is 0 Å². The lowest BCUT2D eigenvalue weighted by atomic mass is 9.63. The molecule has 3 rings (SSSR count). The smallest absolute Gasteiger partial charge is 0.119 e. The van der Waals surface area contributed by atoms with Crippen LogP contribution in [0.2, 0.25) is 0 Å². The van der Waals surface area contributed by atoms with Crippen LogP contribution in [0.3, 0.4) is 0 Å². The summed E-state index contributed by atoms with van der Waals surface area (Å²) in [6, 6.07) is 26.9. The zero-order valence-electron chi connectivity index (χ0n) is 36.0. The van der Waals surface area contributed by atoms with Crippen LogP contribution < -0.4 is 9.47 Å². The van der Waals surface area contributed by atoms with Gasteiger partial charge in [-0.25, -0.2) is 0 Å². The normalized spacial score (nSPS) is 13.3. The molecule has 5 nitrogen and oxygen atoms in total. The van der Waals surface area contributed by atoms with Gasteiger partial charge in [0.1, 0.15) is 24.7 Å². The highest BCUT2D eigenvalue weighted by atomic mass is 16.5. The first-order valence-corrected chi connectivity index (χ1v) is 19.7. The Morgan fingerprint density at radius 2 is 0.585 bits per heavy atom. The molecule has 0 unspecified atom stereocenters. The van der Waals surface area contributed by atoms with E-state index in [2.05, 4.69) is 156 Å². The molecular formula is C48H74O5. The fourth-order valence-corrected chi connectivity index (χ4v) is 9.40. The van der Waals surface area contributed by atoms with Crippen molar-refractivity contribution >= 4 is 0 Å². The van der Waals surface area contributed by atoms with Gasteiger partial charge in [0.25, 0.3) is 0 Å². The van der Waals surface area contributed by atoms with Gasteiger partial charge < -0.3 is 23.7 Å².